The highest BCUT2D eigenvalue weighted by molar-refractivity contribution is 5.21. The first-order valence-electron chi connectivity index (χ1n) is 7.23. The Kier molecular flexibility index (Phi) is 7.00. The minimum absolute atomic E-state index is 0.119. The smallest absolute Gasteiger partial charge is 0.159 e. The van der Waals surface area contributed by atoms with Crippen molar-refractivity contribution in [3.8, 4) is 0 Å². The Labute approximate surface area is 115 Å². The average molecular weight is 269 g/mol. The molecule has 0 radical (unpaired) electrons. The summed E-state index contributed by atoms with van der Waals surface area (Å²) in [6, 6.07) is 4.33. The van der Waals surface area contributed by atoms with Gasteiger partial charge in [0, 0.05) is 6.04 Å². The molecule has 0 aliphatic heterocycles. The van der Waals surface area contributed by atoms with E-state index in [1.807, 2.05) is 0 Å². The molecule has 108 valence electrons. The summed E-state index contributed by atoms with van der Waals surface area (Å²) in [5.74, 6) is -0.860. The third-order valence-corrected chi connectivity index (χ3v) is 3.26. The molecule has 1 N–H and O–H groups in total. The molecule has 1 atom stereocenters. The number of benzene rings is 1. The van der Waals surface area contributed by atoms with E-state index in [1.165, 1.54) is 12.1 Å². The molecule has 0 bridgehead atoms. The zero-order valence-corrected chi connectivity index (χ0v) is 12.2. The highest BCUT2D eigenvalue weighted by atomic mass is 19.2. The van der Waals surface area contributed by atoms with E-state index >= 15 is 0 Å². The van der Waals surface area contributed by atoms with Crippen LogP contribution in [0, 0.1) is 17.6 Å². The van der Waals surface area contributed by atoms with Crippen LogP contribution in [0.4, 0.5) is 8.78 Å². The van der Waals surface area contributed by atoms with Crippen molar-refractivity contribution in [2.24, 2.45) is 5.92 Å². The van der Waals surface area contributed by atoms with Crippen LogP contribution in [0.2, 0.25) is 0 Å². The Morgan fingerprint density at radius 3 is 2.42 bits per heavy atom. The first-order chi connectivity index (χ1) is 9.04. The van der Waals surface area contributed by atoms with E-state index in [0.29, 0.717) is 5.92 Å². The van der Waals surface area contributed by atoms with Gasteiger partial charge in [-0.05, 0) is 43.0 Å². The Hall–Kier alpha value is -0.960. The summed E-state index contributed by atoms with van der Waals surface area (Å²) in [6.45, 7) is 7.40. The molecule has 1 unspecified atom stereocenters. The van der Waals surface area contributed by atoms with Crippen molar-refractivity contribution in [3.05, 3.63) is 35.4 Å². The minimum Gasteiger partial charge on any atom is -0.310 e. The van der Waals surface area contributed by atoms with Gasteiger partial charge in [0.2, 0.25) is 0 Å². The van der Waals surface area contributed by atoms with Gasteiger partial charge in [0.1, 0.15) is 0 Å². The number of hydrogen-bond donors (Lipinski definition) is 1. The van der Waals surface area contributed by atoms with Gasteiger partial charge in [0.25, 0.3) is 0 Å². The molecule has 0 aromatic heterocycles. The summed E-state index contributed by atoms with van der Waals surface area (Å²) >= 11 is 0. The summed E-state index contributed by atoms with van der Waals surface area (Å²) < 4.78 is 26.3. The van der Waals surface area contributed by atoms with Gasteiger partial charge in [0.05, 0.1) is 0 Å². The van der Waals surface area contributed by atoms with E-state index < -0.39 is 11.6 Å². The predicted molar refractivity (Wildman–Crippen MR) is 76.1 cm³/mol. The molecule has 0 amide bonds. The van der Waals surface area contributed by atoms with Crippen LogP contribution in [0.1, 0.15) is 58.1 Å². The second-order valence-corrected chi connectivity index (χ2v) is 5.51. The molecule has 0 spiro atoms. The fourth-order valence-electron chi connectivity index (χ4n) is 2.16. The van der Waals surface area contributed by atoms with Crippen LogP contribution in [-0.2, 0) is 0 Å². The van der Waals surface area contributed by atoms with Gasteiger partial charge >= 0.3 is 0 Å². The maximum Gasteiger partial charge on any atom is 0.159 e. The first kappa shape index (κ1) is 16.1. The van der Waals surface area contributed by atoms with E-state index in [9.17, 15) is 8.78 Å². The largest absolute Gasteiger partial charge is 0.310 e. The Morgan fingerprint density at radius 1 is 1.11 bits per heavy atom. The van der Waals surface area contributed by atoms with Crippen LogP contribution in [0.15, 0.2) is 18.2 Å². The van der Waals surface area contributed by atoms with E-state index in [0.717, 1.165) is 37.8 Å². The molecule has 0 fully saturated rings. The summed E-state index contributed by atoms with van der Waals surface area (Å²) in [5, 5.41) is 3.42. The number of halogens is 2. The van der Waals surface area contributed by atoms with Crippen LogP contribution in [-0.4, -0.2) is 6.54 Å². The predicted octanol–water partition coefficient (Wildman–Crippen LogP) is 4.83. The van der Waals surface area contributed by atoms with Crippen LogP contribution in [0.3, 0.4) is 0 Å². The lowest BCUT2D eigenvalue weighted by Crippen LogP contribution is -2.22. The van der Waals surface area contributed by atoms with Crippen LogP contribution < -0.4 is 5.32 Å². The highest BCUT2D eigenvalue weighted by Gasteiger charge is 2.13. The fourth-order valence-corrected chi connectivity index (χ4v) is 2.16. The average Bonchev–Trinajstić information content (AvgIpc) is 2.36. The number of nitrogens with one attached hydrogen (secondary N) is 1. The van der Waals surface area contributed by atoms with Gasteiger partial charge in [-0.2, -0.15) is 0 Å². The lowest BCUT2D eigenvalue weighted by atomic mass is 9.97. The van der Waals surface area contributed by atoms with Gasteiger partial charge in [-0.3, -0.25) is 0 Å². The van der Waals surface area contributed by atoms with Crippen LogP contribution in [0.25, 0.3) is 0 Å². The molecule has 1 aromatic rings. The van der Waals surface area contributed by atoms with E-state index in [4.69, 9.17) is 0 Å². The Morgan fingerprint density at radius 2 is 1.84 bits per heavy atom. The molecule has 0 saturated carbocycles. The Bertz CT molecular complexity index is 377. The van der Waals surface area contributed by atoms with Gasteiger partial charge < -0.3 is 5.32 Å². The van der Waals surface area contributed by atoms with E-state index in [2.05, 4.69) is 26.1 Å². The molecular weight excluding hydrogens is 244 g/mol. The molecule has 0 aliphatic carbocycles. The number of hydrogen-bond acceptors (Lipinski definition) is 1. The van der Waals surface area contributed by atoms with E-state index in [-0.39, 0.29) is 6.04 Å². The third-order valence-electron chi connectivity index (χ3n) is 3.26. The summed E-state index contributed by atoms with van der Waals surface area (Å²) in [4.78, 5) is 0. The van der Waals surface area contributed by atoms with Crippen molar-refractivity contribution < 1.29 is 8.78 Å². The second-order valence-electron chi connectivity index (χ2n) is 5.51. The second kappa shape index (κ2) is 8.26. The molecule has 1 nitrogen and oxygen atoms in total. The van der Waals surface area contributed by atoms with Crippen molar-refractivity contribution >= 4 is 0 Å². The van der Waals surface area contributed by atoms with Gasteiger partial charge in [-0.1, -0.05) is 39.7 Å². The normalized spacial score (nSPS) is 12.9. The van der Waals surface area contributed by atoms with Crippen LogP contribution >= 0.6 is 0 Å². The molecule has 0 heterocycles. The standard InChI is InChI=1S/C16H25F2N/c1-4-10-19-16(7-5-6-12(2)3)13-8-9-14(17)15(18)11-13/h8-9,11-12,16,19H,4-7,10H2,1-3H3. The lowest BCUT2D eigenvalue weighted by Gasteiger charge is -2.19. The highest BCUT2D eigenvalue weighted by Crippen LogP contribution is 2.22. The maximum absolute atomic E-state index is 13.3. The molecule has 1 aromatic carbocycles. The maximum atomic E-state index is 13.3. The fraction of sp³-hybridized carbons (Fsp3) is 0.625. The molecule has 1 rings (SSSR count). The van der Waals surface area contributed by atoms with Crippen LogP contribution in [0.5, 0.6) is 0 Å². The molecule has 19 heavy (non-hydrogen) atoms. The van der Waals surface area contributed by atoms with Crippen molar-refractivity contribution in [1.29, 1.82) is 0 Å². The van der Waals surface area contributed by atoms with Crippen molar-refractivity contribution in [3.63, 3.8) is 0 Å². The van der Waals surface area contributed by atoms with Crippen molar-refractivity contribution in [2.75, 3.05) is 6.54 Å². The summed E-state index contributed by atoms with van der Waals surface area (Å²) in [6.07, 6.45) is 4.25. The third kappa shape index (κ3) is 5.68. The van der Waals surface area contributed by atoms with Gasteiger partial charge in [0.15, 0.2) is 11.6 Å². The Balaban J connectivity index is 2.68. The van der Waals surface area contributed by atoms with Crippen molar-refractivity contribution in [1.82, 2.24) is 5.32 Å². The molecule has 0 aliphatic rings. The van der Waals surface area contributed by atoms with E-state index in [1.54, 1.807) is 6.07 Å². The topological polar surface area (TPSA) is 12.0 Å². The summed E-state index contributed by atoms with van der Waals surface area (Å²) in [7, 11) is 0. The quantitative estimate of drug-likeness (QED) is 0.712. The molecule has 3 heteroatoms. The zero-order valence-electron chi connectivity index (χ0n) is 12.2. The van der Waals surface area contributed by atoms with Gasteiger partial charge in [-0.25, -0.2) is 8.78 Å². The summed E-state index contributed by atoms with van der Waals surface area (Å²) in [5.41, 5.74) is 0.844. The molecule has 0 saturated heterocycles. The number of rotatable bonds is 8. The minimum atomic E-state index is -0.778. The zero-order chi connectivity index (χ0) is 14.3. The SMILES string of the molecule is CCCNC(CCCC(C)C)c1ccc(F)c(F)c1. The first-order valence-corrected chi connectivity index (χ1v) is 7.23. The van der Waals surface area contributed by atoms with Gasteiger partial charge in [-0.15, -0.1) is 0 Å². The lowest BCUT2D eigenvalue weighted by molar-refractivity contribution is 0.442. The monoisotopic (exact) mass is 269 g/mol. The molecular formula is C16H25F2N. The van der Waals surface area contributed by atoms with Crippen molar-refractivity contribution in [2.45, 2.75) is 52.5 Å².